The Kier molecular flexibility index (Phi) is 3.80. The van der Waals surface area contributed by atoms with Crippen LogP contribution in [0.15, 0.2) is 36.4 Å². The van der Waals surface area contributed by atoms with E-state index in [9.17, 15) is 4.79 Å². The molecule has 21 heavy (non-hydrogen) atoms. The van der Waals surface area contributed by atoms with E-state index in [1.807, 2.05) is 12.1 Å². The minimum absolute atomic E-state index is 0.140. The van der Waals surface area contributed by atoms with E-state index in [-0.39, 0.29) is 16.8 Å². The molecule has 2 aromatic rings. The molecule has 0 saturated heterocycles. The van der Waals surface area contributed by atoms with E-state index in [0.29, 0.717) is 5.82 Å². The van der Waals surface area contributed by atoms with E-state index in [1.165, 1.54) is 23.3 Å². The molecular formula is C16H15ClN2O2. The number of nitrogens with zero attached hydrogens (tertiary/aromatic N) is 1. The smallest absolute Gasteiger partial charge is 0.335 e. The maximum absolute atomic E-state index is 11.1. The van der Waals surface area contributed by atoms with Crippen molar-refractivity contribution in [2.45, 2.75) is 25.3 Å². The lowest BCUT2D eigenvalue weighted by Gasteiger charge is -2.26. The molecule has 5 heteroatoms. The topological polar surface area (TPSA) is 62.2 Å². The number of halogens is 1. The molecule has 0 fully saturated rings. The first-order valence-corrected chi connectivity index (χ1v) is 7.26. The summed E-state index contributed by atoms with van der Waals surface area (Å²) < 4.78 is 0. The lowest BCUT2D eigenvalue weighted by molar-refractivity contribution is 0.0697. The summed E-state index contributed by atoms with van der Waals surface area (Å²) in [7, 11) is 0. The van der Waals surface area contributed by atoms with E-state index in [2.05, 4.69) is 22.4 Å². The summed E-state index contributed by atoms with van der Waals surface area (Å²) >= 11 is 5.90. The first-order chi connectivity index (χ1) is 10.1. The number of anilines is 1. The maximum atomic E-state index is 11.1. The van der Waals surface area contributed by atoms with Crippen molar-refractivity contribution in [3.8, 4) is 0 Å². The lowest BCUT2D eigenvalue weighted by Crippen LogP contribution is -2.18. The van der Waals surface area contributed by atoms with Gasteiger partial charge in [-0.25, -0.2) is 9.78 Å². The van der Waals surface area contributed by atoms with Crippen molar-refractivity contribution in [3.05, 3.63) is 58.2 Å². The van der Waals surface area contributed by atoms with Gasteiger partial charge in [-0.1, -0.05) is 35.9 Å². The van der Waals surface area contributed by atoms with Gasteiger partial charge in [0.15, 0.2) is 0 Å². The Morgan fingerprint density at radius 3 is 2.95 bits per heavy atom. The van der Waals surface area contributed by atoms with Gasteiger partial charge in [0.05, 0.1) is 11.6 Å². The Morgan fingerprint density at radius 2 is 2.14 bits per heavy atom. The Labute approximate surface area is 127 Å². The summed E-state index contributed by atoms with van der Waals surface area (Å²) in [5, 5.41) is 12.6. The monoisotopic (exact) mass is 302 g/mol. The van der Waals surface area contributed by atoms with Gasteiger partial charge in [0.1, 0.15) is 11.0 Å². The molecule has 1 heterocycles. The minimum atomic E-state index is -1.01. The number of nitrogens with one attached hydrogen (secondary N) is 1. The molecule has 1 unspecified atom stereocenters. The van der Waals surface area contributed by atoms with Crippen LogP contribution in [0, 0.1) is 0 Å². The number of hydrogen-bond acceptors (Lipinski definition) is 3. The van der Waals surface area contributed by atoms with Crippen molar-refractivity contribution in [2.75, 3.05) is 5.32 Å². The Morgan fingerprint density at radius 1 is 1.33 bits per heavy atom. The number of benzene rings is 1. The number of rotatable bonds is 3. The standard InChI is InChI=1S/C16H15ClN2O2/c17-14-8-11(16(20)21)9-15(19-14)18-13-7-3-5-10-4-1-2-6-12(10)13/h1-2,4,6,8-9,13H,3,5,7H2,(H,18,19)(H,20,21). The van der Waals surface area contributed by atoms with Gasteiger partial charge in [0, 0.05) is 0 Å². The average Bonchev–Trinajstić information content (AvgIpc) is 2.47. The Balaban J connectivity index is 1.90. The van der Waals surface area contributed by atoms with Gasteiger partial charge >= 0.3 is 5.97 Å². The highest BCUT2D eigenvalue weighted by Gasteiger charge is 2.20. The molecule has 1 atom stereocenters. The molecule has 0 saturated carbocycles. The predicted molar refractivity (Wildman–Crippen MR) is 82.0 cm³/mol. The number of aromatic carboxylic acids is 1. The van der Waals surface area contributed by atoms with Crippen LogP contribution in [-0.2, 0) is 6.42 Å². The molecule has 0 aliphatic heterocycles. The van der Waals surface area contributed by atoms with Crippen LogP contribution in [0.3, 0.4) is 0 Å². The number of fused-ring (bicyclic) bond motifs is 1. The number of hydrogen-bond donors (Lipinski definition) is 2. The largest absolute Gasteiger partial charge is 0.478 e. The highest BCUT2D eigenvalue weighted by atomic mass is 35.5. The van der Waals surface area contributed by atoms with Crippen LogP contribution in [0.25, 0.3) is 0 Å². The molecule has 3 rings (SSSR count). The molecule has 1 aromatic heterocycles. The fourth-order valence-electron chi connectivity index (χ4n) is 2.78. The Bertz CT molecular complexity index is 688. The Hall–Kier alpha value is -2.07. The van der Waals surface area contributed by atoms with Gasteiger partial charge < -0.3 is 10.4 Å². The zero-order valence-electron chi connectivity index (χ0n) is 11.3. The van der Waals surface area contributed by atoms with Crippen LogP contribution in [0.5, 0.6) is 0 Å². The second-order valence-corrected chi connectivity index (χ2v) is 5.54. The molecule has 0 bridgehead atoms. The number of aryl methyl sites for hydroxylation is 1. The zero-order chi connectivity index (χ0) is 14.8. The van der Waals surface area contributed by atoms with Crippen LogP contribution in [-0.4, -0.2) is 16.1 Å². The van der Waals surface area contributed by atoms with Crippen molar-refractivity contribution in [2.24, 2.45) is 0 Å². The van der Waals surface area contributed by atoms with Crippen LogP contribution in [0.4, 0.5) is 5.82 Å². The van der Waals surface area contributed by atoms with Gasteiger partial charge in [-0.15, -0.1) is 0 Å². The molecular weight excluding hydrogens is 288 g/mol. The minimum Gasteiger partial charge on any atom is -0.478 e. The maximum Gasteiger partial charge on any atom is 0.335 e. The third-order valence-corrected chi connectivity index (χ3v) is 3.93. The third-order valence-electron chi connectivity index (χ3n) is 3.73. The van der Waals surface area contributed by atoms with E-state index in [0.717, 1.165) is 19.3 Å². The predicted octanol–water partition coefficient (Wildman–Crippen LogP) is 3.92. The second-order valence-electron chi connectivity index (χ2n) is 5.16. The third kappa shape index (κ3) is 3.00. The van der Waals surface area contributed by atoms with Gasteiger partial charge in [-0.2, -0.15) is 0 Å². The van der Waals surface area contributed by atoms with E-state index >= 15 is 0 Å². The molecule has 0 spiro atoms. The second kappa shape index (κ2) is 5.74. The van der Waals surface area contributed by atoms with Gasteiger partial charge in [-0.05, 0) is 42.5 Å². The number of aromatic nitrogens is 1. The number of carboxylic acid groups (broad SMARTS) is 1. The molecule has 2 N–H and O–H groups in total. The highest BCUT2D eigenvalue weighted by Crippen LogP contribution is 2.32. The van der Waals surface area contributed by atoms with Crippen molar-refractivity contribution in [1.82, 2.24) is 4.98 Å². The molecule has 1 aliphatic carbocycles. The van der Waals surface area contributed by atoms with Crippen molar-refractivity contribution < 1.29 is 9.90 Å². The molecule has 1 aromatic carbocycles. The average molecular weight is 303 g/mol. The first-order valence-electron chi connectivity index (χ1n) is 6.89. The fraction of sp³-hybridized carbons (Fsp3) is 0.250. The quantitative estimate of drug-likeness (QED) is 0.844. The highest BCUT2D eigenvalue weighted by molar-refractivity contribution is 6.29. The summed E-state index contributed by atoms with van der Waals surface area (Å²) in [4.78, 5) is 15.3. The SMILES string of the molecule is O=C(O)c1cc(Cl)nc(NC2CCCc3ccccc32)c1. The zero-order valence-corrected chi connectivity index (χ0v) is 12.1. The summed E-state index contributed by atoms with van der Waals surface area (Å²) in [6, 6.07) is 11.3. The lowest BCUT2D eigenvalue weighted by atomic mass is 9.88. The molecule has 4 nitrogen and oxygen atoms in total. The number of pyridine rings is 1. The van der Waals surface area contributed by atoms with E-state index < -0.39 is 5.97 Å². The van der Waals surface area contributed by atoms with E-state index in [4.69, 9.17) is 16.7 Å². The molecule has 0 amide bonds. The normalized spacial score (nSPS) is 17.1. The molecule has 1 aliphatic rings. The van der Waals surface area contributed by atoms with Crippen molar-refractivity contribution >= 4 is 23.4 Å². The summed E-state index contributed by atoms with van der Waals surface area (Å²) in [6.07, 6.45) is 3.17. The van der Waals surface area contributed by atoms with Gasteiger partial charge in [-0.3, -0.25) is 0 Å². The van der Waals surface area contributed by atoms with Crippen LogP contribution in [0.2, 0.25) is 5.15 Å². The number of carbonyl (C=O) groups is 1. The first kappa shape index (κ1) is 13.9. The fourth-order valence-corrected chi connectivity index (χ4v) is 2.99. The van der Waals surface area contributed by atoms with Crippen molar-refractivity contribution in [3.63, 3.8) is 0 Å². The van der Waals surface area contributed by atoms with Gasteiger partial charge in [0.2, 0.25) is 0 Å². The summed E-state index contributed by atoms with van der Waals surface area (Å²) in [5.74, 6) is -0.506. The summed E-state index contributed by atoms with van der Waals surface area (Å²) in [5.41, 5.74) is 2.73. The van der Waals surface area contributed by atoms with Crippen LogP contribution < -0.4 is 5.32 Å². The van der Waals surface area contributed by atoms with Crippen LogP contribution >= 0.6 is 11.6 Å². The van der Waals surface area contributed by atoms with Crippen LogP contribution in [0.1, 0.15) is 40.4 Å². The number of carboxylic acids is 1. The van der Waals surface area contributed by atoms with Crippen molar-refractivity contribution in [1.29, 1.82) is 0 Å². The molecule has 108 valence electrons. The van der Waals surface area contributed by atoms with E-state index in [1.54, 1.807) is 0 Å². The van der Waals surface area contributed by atoms with Gasteiger partial charge in [0.25, 0.3) is 0 Å². The summed E-state index contributed by atoms with van der Waals surface area (Å²) in [6.45, 7) is 0. The molecule has 0 radical (unpaired) electrons.